The highest BCUT2D eigenvalue weighted by atomic mass is 32.1. The van der Waals surface area contributed by atoms with E-state index in [9.17, 15) is 4.79 Å². The van der Waals surface area contributed by atoms with E-state index in [2.05, 4.69) is 37.3 Å². The summed E-state index contributed by atoms with van der Waals surface area (Å²) in [6.07, 6.45) is 6.03. The van der Waals surface area contributed by atoms with E-state index in [4.69, 9.17) is 0 Å². The minimum Gasteiger partial charge on any atom is -0.350 e. The number of thiophene rings is 1. The van der Waals surface area contributed by atoms with Crippen molar-refractivity contribution in [3.05, 3.63) is 40.1 Å². The number of carbonyl (C=O) groups is 1. The Labute approximate surface area is 146 Å². The van der Waals surface area contributed by atoms with Crippen LogP contribution in [0.1, 0.15) is 35.7 Å². The van der Waals surface area contributed by atoms with Gasteiger partial charge in [-0.2, -0.15) is 0 Å². The predicted molar refractivity (Wildman–Crippen MR) is 94.7 cm³/mol. The smallest absolute Gasteiger partial charge is 0.220 e. The molecule has 0 unspecified atom stereocenters. The summed E-state index contributed by atoms with van der Waals surface area (Å²) in [5.41, 5.74) is 1.13. The fourth-order valence-corrected chi connectivity index (χ4v) is 4.05. The summed E-state index contributed by atoms with van der Waals surface area (Å²) in [7, 11) is 0. The number of rotatable bonds is 6. The topological polar surface area (TPSA) is 50.2 Å². The summed E-state index contributed by atoms with van der Waals surface area (Å²) >= 11 is 1.82. The van der Waals surface area contributed by atoms with Crippen molar-refractivity contribution in [3.63, 3.8) is 0 Å². The number of amides is 1. The molecular formula is C18H24N4OS. The number of carbonyl (C=O) groups excluding carboxylic acids is 1. The summed E-state index contributed by atoms with van der Waals surface area (Å²) < 4.78 is 2.30. The van der Waals surface area contributed by atoms with Gasteiger partial charge in [-0.05, 0) is 30.2 Å². The molecule has 2 aliphatic rings. The summed E-state index contributed by atoms with van der Waals surface area (Å²) in [5.74, 6) is 1.97. The highest BCUT2D eigenvalue weighted by Crippen LogP contribution is 2.32. The number of aromatic nitrogens is 2. The van der Waals surface area contributed by atoms with Gasteiger partial charge in [0.2, 0.25) is 5.91 Å². The van der Waals surface area contributed by atoms with Crippen LogP contribution >= 0.6 is 11.3 Å². The molecule has 1 aliphatic carbocycles. The lowest BCUT2D eigenvalue weighted by Gasteiger charge is -2.18. The van der Waals surface area contributed by atoms with Crippen LogP contribution in [0.2, 0.25) is 0 Å². The molecule has 1 amide bonds. The lowest BCUT2D eigenvalue weighted by molar-refractivity contribution is -0.121. The molecule has 24 heavy (non-hydrogen) atoms. The van der Waals surface area contributed by atoms with Gasteiger partial charge in [0.1, 0.15) is 5.82 Å². The summed E-state index contributed by atoms with van der Waals surface area (Å²) in [4.78, 5) is 20.4. The van der Waals surface area contributed by atoms with E-state index in [1.54, 1.807) is 0 Å². The fraction of sp³-hybridized carbons (Fsp3) is 0.556. The van der Waals surface area contributed by atoms with Gasteiger partial charge in [-0.25, -0.2) is 4.98 Å². The maximum atomic E-state index is 11.9. The average Bonchev–Trinajstić information content (AvgIpc) is 3.15. The second-order valence-corrected chi connectivity index (χ2v) is 7.88. The van der Waals surface area contributed by atoms with Gasteiger partial charge >= 0.3 is 0 Å². The quantitative estimate of drug-likeness (QED) is 0.875. The molecule has 5 nitrogen and oxygen atoms in total. The van der Waals surface area contributed by atoms with Crippen molar-refractivity contribution in [3.8, 4) is 0 Å². The fourth-order valence-electron chi connectivity index (χ4n) is 3.31. The Morgan fingerprint density at radius 2 is 2.25 bits per heavy atom. The number of nitrogens with zero attached hydrogens (tertiary/aromatic N) is 3. The first-order valence-corrected chi connectivity index (χ1v) is 9.70. The zero-order chi connectivity index (χ0) is 16.4. The van der Waals surface area contributed by atoms with Gasteiger partial charge in [0.25, 0.3) is 0 Å². The van der Waals surface area contributed by atoms with Crippen LogP contribution in [0.3, 0.4) is 0 Å². The Bertz CT molecular complexity index is 690. The van der Waals surface area contributed by atoms with Crippen LogP contribution in [0.25, 0.3) is 0 Å². The van der Waals surface area contributed by atoms with Crippen molar-refractivity contribution in [2.45, 2.75) is 45.3 Å². The lowest BCUT2D eigenvalue weighted by atomic mass is 10.3. The number of imidazole rings is 1. The molecule has 2 aromatic heterocycles. The first kappa shape index (κ1) is 15.8. The normalized spacial score (nSPS) is 18.2. The van der Waals surface area contributed by atoms with Gasteiger partial charge in [-0.15, -0.1) is 11.3 Å². The molecule has 0 spiro atoms. The minimum absolute atomic E-state index is 0.181. The molecule has 2 aromatic rings. The van der Waals surface area contributed by atoms with Gasteiger partial charge in [-0.3, -0.25) is 9.69 Å². The molecule has 4 rings (SSSR count). The van der Waals surface area contributed by atoms with Crippen molar-refractivity contribution in [1.82, 2.24) is 19.8 Å². The SMILES string of the molecule is O=C(CC1CC1)NCc1cnc2n1CCN(Cc1cccs1)CC2. The Kier molecular flexibility index (Phi) is 4.67. The third kappa shape index (κ3) is 3.87. The van der Waals surface area contributed by atoms with Gasteiger partial charge in [0.05, 0.1) is 18.4 Å². The third-order valence-electron chi connectivity index (χ3n) is 4.91. The Morgan fingerprint density at radius 1 is 1.33 bits per heavy atom. The Balaban J connectivity index is 1.33. The molecule has 0 saturated heterocycles. The third-order valence-corrected chi connectivity index (χ3v) is 5.77. The van der Waals surface area contributed by atoms with Crippen LogP contribution in [0, 0.1) is 5.92 Å². The molecular weight excluding hydrogens is 320 g/mol. The van der Waals surface area contributed by atoms with E-state index in [1.807, 2.05) is 17.5 Å². The maximum absolute atomic E-state index is 11.9. The minimum atomic E-state index is 0.181. The highest BCUT2D eigenvalue weighted by Gasteiger charge is 2.24. The highest BCUT2D eigenvalue weighted by molar-refractivity contribution is 7.09. The van der Waals surface area contributed by atoms with Crippen molar-refractivity contribution in [1.29, 1.82) is 0 Å². The summed E-state index contributed by atoms with van der Waals surface area (Å²) in [6, 6.07) is 4.32. The molecule has 0 radical (unpaired) electrons. The first-order chi connectivity index (χ1) is 11.8. The van der Waals surface area contributed by atoms with E-state index < -0.39 is 0 Å². The number of fused-ring (bicyclic) bond motifs is 1. The average molecular weight is 344 g/mol. The van der Waals surface area contributed by atoms with Gasteiger partial charge in [0, 0.05) is 43.9 Å². The molecule has 0 aromatic carbocycles. The van der Waals surface area contributed by atoms with Crippen molar-refractivity contribution in [2.24, 2.45) is 5.92 Å². The van der Waals surface area contributed by atoms with E-state index in [1.165, 1.54) is 17.7 Å². The molecule has 0 atom stereocenters. The predicted octanol–water partition coefficient (Wildman–Crippen LogP) is 2.42. The first-order valence-electron chi connectivity index (χ1n) is 8.82. The van der Waals surface area contributed by atoms with Crippen LogP contribution in [0.15, 0.2) is 23.7 Å². The van der Waals surface area contributed by atoms with Gasteiger partial charge in [0.15, 0.2) is 0 Å². The molecule has 128 valence electrons. The second kappa shape index (κ2) is 7.07. The largest absolute Gasteiger partial charge is 0.350 e. The van der Waals surface area contributed by atoms with Crippen LogP contribution in [0.4, 0.5) is 0 Å². The van der Waals surface area contributed by atoms with Crippen LogP contribution in [-0.2, 0) is 30.8 Å². The Morgan fingerprint density at radius 3 is 3.04 bits per heavy atom. The number of hydrogen-bond donors (Lipinski definition) is 1. The molecule has 1 aliphatic heterocycles. The lowest BCUT2D eigenvalue weighted by Crippen LogP contribution is -2.27. The van der Waals surface area contributed by atoms with E-state index in [0.717, 1.165) is 44.1 Å². The van der Waals surface area contributed by atoms with E-state index >= 15 is 0 Å². The number of hydrogen-bond acceptors (Lipinski definition) is 4. The van der Waals surface area contributed by atoms with Crippen molar-refractivity contribution in [2.75, 3.05) is 13.1 Å². The standard InChI is InChI=1S/C18H24N4OS/c23-18(10-14-3-4-14)20-12-15-11-19-17-5-6-21(7-8-22(15)17)13-16-2-1-9-24-16/h1-2,9,11,14H,3-8,10,12-13H2,(H,20,23). The van der Waals surface area contributed by atoms with Crippen molar-refractivity contribution >= 4 is 17.2 Å². The second-order valence-electron chi connectivity index (χ2n) is 6.85. The summed E-state index contributed by atoms with van der Waals surface area (Å²) in [5, 5.41) is 5.20. The Hall–Kier alpha value is -1.66. The van der Waals surface area contributed by atoms with Crippen LogP contribution in [-0.4, -0.2) is 33.4 Å². The number of nitrogens with one attached hydrogen (secondary N) is 1. The monoisotopic (exact) mass is 344 g/mol. The van der Waals surface area contributed by atoms with Gasteiger partial charge in [-0.1, -0.05) is 6.07 Å². The molecule has 1 fully saturated rings. The summed E-state index contributed by atoms with van der Waals surface area (Å²) in [6.45, 7) is 4.65. The van der Waals surface area contributed by atoms with Gasteiger partial charge < -0.3 is 9.88 Å². The maximum Gasteiger partial charge on any atom is 0.220 e. The van der Waals surface area contributed by atoms with E-state index in [0.29, 0.717) is 18.9 Å². The van der Waals surface area contributed by atoms with E-state index in [-0.39, 0.29) is 5.91 Å². The van der Waals surface area contributed by atoms with Crippen molar-refractivity contribution < 1.29 is 4.79 Å². The van der Waals surface area contributed by atoms with Crippen LogP contribution in [0.5, 0.6) is 0 Å². The zero-order valence-electron chi connectivity index (χ0n) is 13.9. The molecule has 3 heterocycles. The molecule has 1 saturated carbocycles. The molecule has 6 heteroatoms. The molecule has 0 bridgehead atoms. The molecule has 1 N–H and O–H groups in total. The zero-order valence-corrected chi connectivity index (χ0v) is 14.7. The van der Waals surface area contributed by atoms with Crippen LogP contribution < -0.4 is 5.32 Å².